The highest BCUT2D eigenvalue weighted by Gasteiger charge is 2.30. The molecule has 4 nitrogen and oxygen atoms in total. The fourth-order valence-corrected chi connectivity index (χ4v) is 3.01. The first-order valence-corrected chi connectivity index (χ1v) is 7.61. The van der Waals surface area contributed by atoms with Crippen molar-refractivity contribution in [3.05, 3.63) is 34.9 Å². The number of rotatable bonds is 4. The Bertz CT molecular complexity index is 532. The summed E-state index contributed by atoms with van der Waals surface area (Å²) in [7, 11) is 0. The summed E-state index contributed by atoms with van der Waals surface area (Å²) in [4.78, 5) is 25.2. The Hall–Kier alpha value is -1.55. The Kier molecular flexibility index (Phi) is 5.23. The van der Waals surface area contributed by atoms with E-state index in [-0.39, 0.29) is 11.8 Å². The molecule has 1 aliphatic rings. The van der Waals surface area contributed by atoms with E-state index >= 15 is 0 Å². The first-order valence-electron chi connectivity index (χ1n) is 7.23. The molecule has 5 heteroatoms. The molecule has 1 fully saturated rings. The van der Waals surface area contributed by atoms with Crippen LogP contribution < -0.4 is 0 Å². The zero-order valence-electron chi connectivity index (χ0n) is 12.1. The molecule has 1 aromatic rings. The highest BCUT2D eigenvalue weighted by molar-refractivity contribution is 6.30. The lowest BCUT2D eigenvalue weighted by Gasteiger charge is -2.32. The summed E-state index contributed by atoms with van der Waals surface area (Å²) in [6, 6.07) is 7.49. The molecule has 1 amide bonds. The van der Waals surface area contributed by atoms with Crippen molar-refractivity contribution < 1.29 is 14.7 Å². The number of hydrogen-bond donors (Lipinski definition) is 1. The molecule has 1 saturated heterocycles. The van der Waals surface area contributed by atoms with Crippen LogP contribution in [-0.4, -0.2) is 35.0 Å². The summed E-state index contributed by atoms with van der Waals surface area (Å²) in [6.45, 7) is 2.87. The maximum Gasteiger partial charge on any atom is 0.308 e. The molecule has 1 aliphatic heterocycles. The smallest absolute Gasteiger partial charge is 0.308 e. The van der Waals surface area contributed by atoms with E-state index in [4.69, 9.17) is 16.7 Å². The van der Waals surface area contributed by atoms with E-state index < -0.39 is 11.9 Å². The van der Waals surface area contributed by atoms with Gasteiger partial charge in [-0.3, -0.25) is 9.59 Å². The van der Waals surface area contributed by atoms with Gasteiger partial charge < -0.3 is 10.0 Å². The van der Waals surface area contributed by atoms with Gasteiger partial charge >= 0.3 is 5.97 Å². The number of nitrogens with zero attached hydrogens (tertiary/aromatic N) is 1. The second kappa shape index (κ2) is 6.94. The third-order valence-corrected chi connectivity index (χ3v) is 4.17. The Labute approximate surface area is 129 Å². The van der Waals surface area contributed by atoms with Gasteiger partial charge in [0.2, 0.25) is 5.91 Å². The van der Waals surface area contributed by atoms with Gasteiger partial charge in [-0.15, -0.1) is 0 Å². The van der Waals surface area contributed by atoms with Crippen molar-refractivity contribution in [3.63, 3.8) is 0 Å². The normalized spacial score (nSPS) is 20.1. The molecule has 0 spiro atoms. The number of carboxylic acid groups (broad SMARTS) is 1. The van der Waals surface area contributed by atoms with Gasteiger partial charge in [0, 0.05) is 24.0 Å². The van der Waals surface area contributed by atoms with Gasteiger partial charge in [0.1, 0.15) is 0 Å². The van der Waals surface area contributed by atoms with Crippen LogP contribution in [0.1, 0.15) is 25.3 Å². The van der Waals surface area contributed by atoms with E-state index in [1.807, 2.05) is 25.1 Å². The van der Waals surface area contributed by atoms with E-state index in [2.05, 4.69) is 0 Å². The Morgan fingerprint density at radius 1 is 1.48 bits per heavy atom. The topological polar surface area (TPSA) is 57.6 Å². The van der Waals surface area contributed by atoms with Crippen LogP contribution in [0.15, 0.2) is 24.3 Å². The van der Waals surface area contributed by atoms with Crippen molar-refractivity contribution in [2.45, 2.75) is 26.2 Å². The van der Waals surface area contributed by atoms with Crippen molar-refractivity contribution in [3.8, 4) is 0 Å². The molecule has 0 radical (unpaired) electrons. The van der Waals surface area contributed by atoms with E-state index in [0.29, 0.717) is 31.0 Å². The van der Waals surface area contributed by atoms with Crippen LogP contribution in [0, 0.1) is 11.8 Å². The van der Waals surface area contributed by atoms with E-state index in [9.17, 15) is 9.59 Å². The molecule has 21 heavy (non-hydrogen) atoms. The Balaban J connectivity index is 1.97. The number of halogens is 1. The van der Waals surface area contributed by atoms with Crippen LogP contribution in [0.3, 0.4) is 0 Å². The number of aliphatic carboxylic acids is 1. The number of hydrogen-bond acceptors (Lipinski definition) is 2. The lowest BCUT2D eigenvalue weighted by Crippen LogP contribution is -2.44. The van der Waals surface area contributed by atoms with Crippen LogP contribution >= 0.6 is 11.6 Å². The van der Waals surface area contributed by atoms with E-state index in [1.54, 1.807) is 11.0 Å². The second-order valence-corrected chi connectivity index (χ2v) is 6.13. The average molecular weight is 310 g/mol. The fraction of sp³-hybridized carbons (Fsp3) is 0.500. The highest BCUT2D eigenvalue weighted by atomic mass is 35.5. The van der Waals surface area contributed by atoms with Gasteiger partial charge in [0.25, 0.3) is 0 Å². The molecule has 2 atom stereocenters. The second-order valence-electron chi connectivity index (χ2n) is 5.70. The van der Waals surface area contributed by atoms with Crippen molar-refractivity contribution in [1.29, 1.82) is 0 Å². The van der Waals surface area contributed by atoms with Gasteiger partial charge in [0.05, 0.1) is 5.92 Å². The quantitative estimate of drug-likeness (QED) is 0.930. The summed E-state index contributed by atoms with van der Waals surface area (Å²) in [6.07, 6.45) is 2.03. The molecular weight excluding hydrogens is 290 g/mol. The molecule has 0 aliphatic carbocycles. The number of likely N-dealkylation sites (tertiary alicyclic amines) is 1. The fourth-order valence-electron chi connectivity index (χ4n) is 2.80. The van der Waals surface area contributed by atoms with Crippen molar-refractivity contribution >= 4 is 23.5 Å². The lowest BCUT2D eigenvalue weighted by atomic mass is 9.95. The largest absolute Gasteiger partial charge is 0.481 e. The minimum Gasteiger partial charge on any atom is -0.481 e. The number of piperidine rings is 1. The first kappa shape index (κ1) is 15.8. The van der Waals surface area contributed by atoms with E-state index in [0.717, 1.165) is 12.0 Å². The van der Waals surface area contributed by atoms with Gasteiger partial charge in [-0.05, 0) is 37.0 Å². The van der Waals surface area contributed by atoms with Gasteiger partial charge in [-0.25, -0.2) is 0 Å². The molecule has 1 N–H and O–H groups in total. The number of carbonyl (C=O) groups is 2. The molecular formula is C16H20ClNO3. The number of benzene rings is 1. The predicted octanol–water partition coefficient (Wildman–Crippen LogP) is 2.84. The zero-order valence-corrected chi connectivity index (χ0v) is 12.8. The Morgan fingerprint density at radius 3 is 2.90 bits per heavy atom. The summed E-state index contributed by atoms with van der Waals surface area (Å²) >= 11 is 5.95. The lowest BCUT2D eigenvalue weighted by molar-refractivity contribution is -0.146. The average Bonchev–Trinajstić information content (AvgIpc) is 2.46. The van der Waals surface area contributed by atoms with Crippen molar-refractivity contribution in [2.24, 2.45) is 11.8 Å². The molecule has 0 aromatic heterocycles. The van der Waals surface area contributed by atoms with Gasteiger partial charge in [0.15, 0.2) is 0 Å². The van der Waals surface area contributed by atoms with Gasteiger partial charge in [-0.1, -0.05) is 30.7 Å². The predicted molar refractivity (Wildman–Crippen MR) is 81.3 cm³/mol. The third-order valence-electron chi connectivity index (χ3n) is 3.93. The summed E-state index contributed by atoms with van der Waals surface area (Å²) in [5.41, 5.74) is 1.02. The first-order chi connectivity index (χ1) is 9.97. The maximum atomic E-state index is 12.5. The minimum absolute atomic E-state index is 0.0286. The monoisotopic (exact) mass is 309 g/mol. The summed E-state index contributed by atoms with van der Waals surface area (Å²) in [5.74, 6) is -1.38. The van der Waals surface area contributed by atoms with E-state index in [1.165, 1.54) is 0 Å². The standard InChI is InChI=1S/C16H20ClNO3/c1-11(8-12-4-2-6-14(17)9-12)15(19)18-7-3-5-13(10-18)16(20)21/h2,4,6,9,11,13H,3,5,7-8,10H2,1H3,(H,20,21). The Morgan fingerprint density at radius 2 is 2.24 bits per heavy atom. The zero-order chi connectivity index (χ0) is 15.4. The van der Waals surface area contributed by atoms with Crippen LogP contribution in [0.2, 0.25) is 5.02 Å². The number of carboxylic acids is 1. The van der Waals surface area contributed by atoms with Crippen LogP contribution in [-0.2, 0) is 16.0 Å². The molecule has 2 rings (SSSR count). The molecule has 0 bridgehead atoms. The number of amides is 1. The molecule has 0 saturated carbocycles. The van der Waals surface area contributed by atoms with Crippen LogP contribution in [0.25, 0.3) is 0 Å². The van der Waals surface area contributed by atoms with Crippen molar-refractivity contribution in [1.82, 2.24) is 4.90 Å². The molecule has 2 unspecified atom stereocenters. The van der Waals surface area contributed by atoms with Crippen LogP contribution in [0.5, 0.6) is 0 Å². The summed E-state index contributed by atoms with van der Waals surface area (Å²) in [5, 5.41) is 9.75. The SMILES string of the molecule is CC(Cc1cccc(Cl)c1)C(=O)N1CCCC(C(=O)O)C1. The molecule has 114 valence electrons. The molecule has 1 heterocycles. The summed E-state index contributed by atoms with van der Waals surface area (Å²) < 4.78 is 0. The minimum atomic E-state index is -0.810. The van der Waals surface area contributed by atoms with Crippen LogP contribution in [0.4, 0.5) is 0 Å². The van der Waals surface area contributed by atoms with Crippen molar-refractivity contribution in [2.75, 3.05) is 13.1 Å². The third kappa shape index (κ3) is 4.21. The molecule has 1 aromatic carbocycles. The number of carbonyl (C=O) groups excluding carboxylic acids is 1. The maximum absolute atomic E-state index is 12.5. The van der Waals surface area contributed by atoms with Gasteiger partial charge in [-0.2, -0.15) is 0 Å². The highest BCUT2D eigenvalue weighted by Crippen LogP contribution is 2.21.